The minimum absolute atomic E-state index is 0.224. The van der Waals surface area contributed by atoms with Crippen LogP contribution in [0.3, 0.4) is 0 Å². The van der Waals surface area contributed by atoms with E-state index in [1.54, 1.807) is 0 Å². The number of carboxylic acids is 2. The predicted molar refractivity (Wildman–Crippen MR) is 46.5 cm³/mol. The predicted octanol–water partition coefficient (Wildman–Crippen LogP) is 0.160. The Hall–Kier alpha value is -1.10. The molecule has 0 saturated heterocycles. The Labute approximate surface area is 76.8 Å². The van der Waals surface area contributed by atoms with Gasteiger partial charge in [0.05, 0.1) is 6.54 Å². The third kappa shape index (κ3) is 6.10. The van der Waals surface area contributed by atoms with Crippen LogP contribution in [0.4, 0.5) is 0 Å². The van der Waals surface area contributed by atoms with Crippen molar-refractivity contribution >= 4 is 11.9 Å². The standard InChI is InChI=1S/C8H15NO4/c1-5(2)3-6(8(12)13)9-4-7(10)11/h5-6,9H,3-4H2,1-2H3,(H,10,11)(H,12,13)/t6-/m0/s1. The van der Waals surface area contributed by atoms with Crippen LogP contribution in [0, 0.1) is 5.92 Å². The summed E-state index contributed by atoms with van der Waals surface area (Å²) in [6, 6.07) is -0.768. The number of aliphatic carboxylic acids is 2. The second kappa shape index (κ2) is 5.53. The summed E-state index contributed by atoms with van der Waals surface area (Å²) in [5.74, 6) is -1.83. The molecule has 0 aromatic rings. The molecule has 0 spiro atoms. The smallest absolute Gasteiger partial charge is 0.320 e. The molecule has 0 rings (SSSR count). The van der Waals surface area contributed by atoms with Crippen LogP contribution in [-0.4, -0.2) is 34.7 Å². The van der Waals surface area contributed by atoms with Crippen molar-refractivity contribution in [2.24, 2.45) is 5.92 Å². The summed E-state index contributed by atoms with van der Waals surface area (Å²) in [6.45, 7) is 3.46. The van der Waals surface area contributed by atoms with Gasteiger partial charge in [-0.3, -0.25) is 14.9 Å². The summed E-state index contributed by atoms with van der Waals surface area (Å²) in [7, 11) is 0. The molecule has 0 aliphatic heterocycles. The van der Waals surface area contributed by atoms with E-state index < -0.39 is 18.0 Å². The first-order valence-corrected chi connectivity index (χ1v) is 4.11. The molecule has 0 aromatic heterocycles. The average molecular weight is 189 g/mol. The number of nitrogens with one attached hydrogen (secondary N) is 1. The van der Waals surface area contributed by atoms with E-state index in [1.807, 2.05) is 13.8 Å². The average Bonchev–Trinajstić information content (AvgIpc) is 1.96. The largest absolute Gasteiger partial charge is 0.480 e. The molecule has 0 bridgehead atoms. The van der Waals surface area contributed by atoms with Crippen LogP contribution in [-0.2, 0) is 9.59 Å². The molecule has 0 unspecified atom stereocenters. The Morgan fingerprint density at radius 2 is 1.85 bits per heavy atom. The summed E-state index contributed by atoms with van der Waals surface area (Å²) in [5.41, 5.74) is 0. The molecule has 5 heteroatoms. The maximum Gasteiger partial charge on any atom is 0.320 e. The third-order valence-electron chi connectivity index (χ3n) is 1.50. The van der Waals surface area contributed by atoms with E-state index in [1.165, 1.54) is 0 Å². The zero-order valence-electron chi connectivity index (χ0n) is 7.78. The van der Waals surface area contributed by atoms with Crippen LogP contribution in [0.1, 0.15) is 20.3 Å². The first-order chi connectivity index (χ1) is 5.93. The molecule has 0 amide bonds. The van der Waals surface area contributed by atoms with Crippen molar-refractivity contribution in [3.63, 3.8) is 0 Å². The lowest BCUT2D eigenvalue weighted by Gasteiger charge is -2.14. The molecule has 0 saturated carbocycles. The molecular weight excluding hydrogens is 174 g/mol. The Bertz CT molecular complexity index is 191. The highest BCUT2D eigenvalue weighted by Gasteiger charge is 2.18. The summed E-state index contributed by atoms with van der Waals surface area (Å²) in [6.07, 6.45) is 0.433. The van der Waals surface area contributed by atoms with Gasteiger partial charge in [0.1, 0.15) is 6.04 Å². The van der Waals surface area contributed by atoms with Gasteiger partial charge in [0.25, 0.3) is 0 Å². The number of hydrogen-bond donors (Lipinski definition) is 3. The fraction of sp³-hybridized carbons (Fsp3) is 0.750. The summed E-state index contributed by atoms with van der Waals surface area (Å²) in [4.78, 5) is 20.7. The maximum absolute atomic E-state index is 10.6. The Morgan fingerprint density at radius 3 is 2.15 bits per heavy atom. The molecule has 1 atom stereocenters. The van der Waals surface area contributed by atoms with Gasteiger partial charge in [0.2, 0.25) is 0 Å². The quantitative estimate of drug-likeness (QED) is 0.554. The molecule has 0 aliphatic carbocycles. The minimum Gasteiger partial charge on any atom is -0.480 e. The second-order valence-corrected chi connectivity index (χ2v) is 3.30. The van der Waals surface area contributed by atoms with Gasteiger partial charge in [0.15, 0.2) is 0 Å². The SMILES string of the molecule is CC(C)C[C@H](NCC(=O)O)C(=O)O. The Morgan fingerprint density at radius 1 is 1.31 bits per heavy atom. The molecule has 0 heterocycles. The minimum atomic E-state index is -1.05. The first-order valence-electron chi connectivity index (χ1n) is 4.11. The highest BCUT2D eigenvalue weighted by atomic mass is 16.4. The van der Waals surface area contributed by atoms with Gasteiger partial charge < -0.3 is 10.2 Å². The normalized spacial score (nSPS) is 12.8. The summed E-state index contributed by atoms with van der Waals surface area (Å²) < 4.78 is 0. The van der Waals surface area contributed by atoms with E-state index in [9.17, 15) is 9.59 Å². The van der Waals surface area contributed by atoms with Gasteiger partial charge in [-0.2, -0.15) is 0 Å². The van der Waals surface area contributed by atoms with Gasteiger partial charge in [-0.1, -0.05) is 13.8 Å². The van der Waals surface area contributed by atoms with Gasteiger partial charge in [0, 0.05) is 0 Å². The van der Waals surface area contributed by atoms with E-state index in [2.05, 4.69) is 5.32 Å². The molecule has 0 aromatic carbocycles. The molecule has 5 nitrogen and oxygen atoms in total. The monoisotopic (exact) mass is 189 g/mol. The molecule has 13 heavy (non-hydrogen) atoms. The molecule has 0 radical (unpaired) electrons. The van der Waals surface area contributed by atoms with Crippen LogP contribution in [0.15, 0.2) is 0 Å². The van der Waals surface area contributed by atoms with Crippen molar-refractivity contribution in [1.29, 1.82) is 0 Å². The number of rotatable bonds is 6. The van der Waals surface area contributed by atoms with Gasteiger partial charge >= 0.3 is 11.9 Å². The highest BCUT2D eigenvalue weighted by Crippen LogP contribution is 2.04. The molecule has 3 N–H and O–H groups in total. The molecule has 0 aliphatic rings. The number of carbonyl (C=O) groups is 2. The Balaban J connectivity index is 3.95. The highest BCUT2D eigenvalue weighted by molar-refractivity contribution is 5.75. The molecule has 76 valence electrons. The van der Waals surface area contributed by atoms with E-state index in [4.69, 9.17) is 10.2 Å². The fourth-order valence-corrected chi connectivity index (χ4v) is 0.953. The zero-order valence-corrected chi connectivity index (χ0v) is 7.78. The molecule has 0 fully saturated rings. The first kappa shape index (κ1) is 11.9. The lowest BCUT2D eigenvalue weighted by Crippen LogP contribution is -2.40. The molecular formula is C8H15NO4. The van der Waals surface area contributed by atoms with Crippen molar-refractivity contribution in [3.05, 3.63) is 0 Å². The summed E-state index contributed by atoms with van der Waals surface area (Å²) in [5, 5.41) is 19.5. The van der Waals surface area contributed by atoms with Crippen LogP contribution < -0.4 is 5.32 Å². The van der Waals surface area contributed by atoms with Crippen molar-refractivity contribution in [2.75, 3.05) is 6.54 Å². The van der Waals surface area contributed by atoms with E-state index in [0.29, 0.717) is 6.42 Å². The van der Waals surface area contributed by atoms with Crippen molar-refractivity contribution in [2.45, 2.75) is 26.3 Å². The van der Waals surface area contributed by atoms with Crippen LogP contribution in [0.25, 0.3) is 0 Å². The lowest BCUT2D eigenvalue weighted by molar-refractivity contribution is -0.140. The van der Waals surface area contributed by atoms with Gasteiger partial charge in [-0.05, 0) is 12.3 Å². The maximum atomic E-state index is 10.6. The zero-order chi connectivity index (χ0) is 10.4. The van der Waals surface area contributed by atoms with E-state index in [0.717, 1.165) is 0 Å². The van der Waals surface area contributed by atoms with Crippen LogP contribution in [0.2, 0.25) is 0 Å². The Kier molecular flexibility index (Phi) is 5.06. The van der Waals surface area contributed by atoms with Gasteiger partial charge in [-0.25, -0.2) is 0 Å². The lowest BCUT2D eigenvalue weighted by atomic mass is 10.0. The van der Waals surface area contributed by atoms with Crippen molar-refractivity contribution < 1.29 is 19.8 Å². The topological polar surface area (TPSA) is 86.6 Å². The van der Waals surface area contributed by atoms with Crippen LogP contribution in [0.5, 0.6) is 0 Å². The van der Waals surface area contributed by atoms with E-state index >= 15 is 0 Å². The number of carboxylic acid groups (broad SMARTS) is 2. The third-order valence-corrected chi connectivity index (χ3v) is 1.50. The van der Waals surface area contributed by atoms with Crippen molar-refractivity contribution in [3.8, 4) is 0 Å². The fourth-order valence-electron chi connectivity index (χ4n) is 0.953. The van der Waals surface area contributed by atoms with E-state index in [-0.39, 0.29) is 12.5 Å². The van der Waals surface area contributed by atoms with Crippen molar-refractivity contribution in [1.82, 2.24) is 5.32 Å². The second-order valence-electron chi connectivity index (χ2n) is 3.30. The summed E-state index contributed by atoms with van der Waals surface area (Å²) >= 11 is 0. The van der Waals surface area contributed by atoms with Gasteiger partial charge in [-0.15, -0.1) is 0 Å². The van der Waals surface area contributed by atoms with Crippen LogP contribution >= 0.6 is 0 Å². The number of hydrogen-bond acceptors (Lipinski definition) is 3.